The molecule has 0 aliphatic carbocycles. The lowest BCUT2D eigenvalue weighted by molar-refractivity contribution is -0.153. The van der Waals surface area contributed by atoms with Crippen molar-refractivity contribution in [2.75, 3.05) is 19.5 Å². The van der Waals surface area contributed by atoms with Crippen molar-refractivity contribution in [2.45, 2.75) is 19.6 Å². The van der Waals surface area contributed by atoms with E-state index in [-0.39, 0.29) is 29.7 Å². The standard InChI is InChI=1S/C23H21F3N6O3/c1-13-17(15-6-7-32-19(9-15)30-22(27)31-32)10-18(21(29-13)34-2)20(33)28-11-14-4-3-5-16(8-14)35-12-23(24,25)26/h3-10H,11-12H2,1-2H3,(H2,27,31)(H,28,33). The van der Waals surface area contributed by atoms with Crippen LogP contribution >= 0.6 is 0 Å². The number of hydrogen-bond donors (Lipinski definition) is 2. The molecule has 0 atom stereocenters. The zero-order chi connectivity index (χ0) is 25.2. The Kier molecular flexibility index (Phi) is 6.45. The molecule has 4 aromatic rings. The summed E-state index contributed by atoms with van der Waals surface area (Å²) in [6.07, 6.45) is -2.74. The summed E-state index contributed by atoms with van der Waals surface area (Å²) < 4.78 is 48.8. The number of methoxy groups -OCH3 is 1. The molecular formula is C23H21F3N6O3. The van der Waals surface area contributed by atoms with Crippen LogP contribution in [0.4, 0.5) is 19.1 Å². The second kappa shape index (κ2) is 9.49. The zero-order valence-corrected chi connectivity index (χ0v) is 18.8. The van der Waals surface area contributed by atoms with Crippen LogP contribution in [0.15, 0.2) is 48.7 Å². The molecule has 12 heteroatoms. The minimum absolute atomic E-state index is 0.0513. The number of nitrogens with two attached hydrogens (primary N) is 1. The van der Waals surface area contributed by atoms with E-state index in [9.17, 15) is 18.0 Å². The summed E-state index contributed by atoms with van der Waals surface area (Å²) >= 11 is 0. The normalized spacial score (nSPS) is 11.5. The number of benzene rings is 1. The molecule has 1 amide bonds. The first-order valence-electron chi connectivity index (χ1n) is 10.4. The molecule has 0 aliphatic rings. The number of fused-ring (bicyclic) bond motifs is 1. The van der Waals surface area contributed by atoms with Crippen molar-refractivity contribution in [1.82, 2.24) is 24.9 Å². The van der Waals surface area contributed by atoms with Gasteiger partial charge in [0.15, 0.2) is 12.3 Å². The molecule has 0 bridgehead atoms. The predicted octanol–water partition coefficient (Wildman–Crippen LogP) is 3.56. The molecule has 4 rings (SSSR count). The van der Waals surface area contributed by atoms with Gasteiger partial charge in [-0.2, -0.15) is 18.2 Å². The monoisotopic (exact) mass is 486 g/mol. The number of nitrogen functional groups attached to an aromatic ring is 1. The van der Waals surface area contributed by atoms with Gasteiger partial charge in [0.1, 0.15) is 11.3 Å². The summed E-state index contributed by atoms with van der Waals surface area (Å²) in [6, 6.07) is 11.3. The number of rotatable bonds is 7. The third-order valence-corrected chi connectivity index (χ3v) is 5.04. The first-order chi connectivity index (χ1) is 16.6. The van der Waals surface area contributed by atoms with E-state index in [0.717, 1.165) is 5.56 Å². The highest BCUT2D eigenvalue weighted by molar-refractivity contribution is 5.97. The maximum absolute atomic E-state index is 13.0. The molecule has 0 fully saturated rings. The first kappa shape index (κ1) is 23.8. The molecule has 182 valence electrons. The van der Waals surface area contributed by atoms with Gasteiger partial charge in [0.05, 0.1) is 7.11 Å². The average molecular weight is 486 g/mol. The lowest BCUT2D eigenvalue weighted by Gasteiger charge is -2.14. The molecule has 3 heterocycles. The molecule has 3 N–H and O–H groups in total. The lowest BCUT2D eigenvalue weighted by Crippen LogP contribution is -2.24. The maximum atomic E-state index is 13.0. The van der Waals surface area contributed by atoms with E-state index < -0.39 is 18.7 Å². The molecule has 0 radical (unpaired) electrons. The number of halogens is 3. The molecular weight excluding hydrogens is 465 g/mol. The number of aromatic nitrogens is 4. The molecule has 35 heavy (non-hydrogen) atoms. The van der Waals surface area contributed by atoms with Crippen molar-refractivity contribution in [1.29, 1.82) is 0 Å². The quantitative estimate of drug-likeness (QED) is 0.410. The highest BCUT2D eigenvalue weighted by Gasteiger charge is 2.28. The fraction of sp³-hybridized carbons (Fsp3) is 0.217. The van der Waals surface area contributed by atoms with Gasteiger partial charge in [-0.1, -0.05) is 12.1 Å². The Morgan fingerprint density at radius 3 is 2.71 bits per heavy atom. The van der Waals surface area contributed by atoms with E-state index in [0.29, 0.717) is 22.5 Å². The van der Waals surface area contributed by atoms with E-state index in [1.807, 2.05) is 0 Å². The van der Waals surface area contributed by atoms with Crippen molar-refractivity contribution in [3.05, 3.63) is 65.5 Å². The van der Waals surface area contributed by atoms with Crippen LogP contribution in [-0.4, -0.2) is 45.4 Å². The topological polar surface area (TPSA) is 117 Å². The number of hydrogen-bond acceptors (Lipinski definition) is 7. The zero-order valence-electron chi connectivity index (χ0n) is 18.8. The van der Waals surface area contributed by atoms with Gasteiger partial charge in [-0.15, -0.1) is 5.10 Å². The van der Waals surface area contributed by atoms with Crippen LogP contribution in [0.1, 0.15) is 21.6 Å². The molecule has 9 nitrogen and oxygen atoms in total. The Morgan fingerprint density at radius 1 is 1.17 bits per heavy atom. The average Bonchev–Trinajstić information content (AvgIpc) is 3.20. The summed E-state index contributed by atoms with van der Waals surface area (Å²) in [5, 5.41) is 6.79. The highest BCUT2D eigenvalue weighted by atomic mass is 19.4. The molecule has 3 aromatic heterocycles. The minimum atomic E-state index is -4.44. The fourth-order valence-electron chi connectivity index (χ4n) is 3.45. The number of amides is 1. The first-order valence-corrected chi connectivity index (χ1v) is 10.4. The van der Waals surface area contributed by atoms with Gasteiger partial charge >= 0.3 is 6.18 Å². The molecule has 0 aliphatic heterocycles. The van der Waals surface area contributed by atoms with Gasteiger partial charge in [0.25, 0.3) is 5.91 Å². The van der Waals surface area contributed by atoms with Crippen molar-refractivity contribution in [3.8, 4) is 22.8 Å². The third kappa shape index (κ3) is 5.60. The van der Waals surface area contributed by atoms with Crippen LogP contribution in [-0.2, 0) is 6.54 Å². The lowest BCUT2D eigenvalue weighted by atomic mass is 10.0. The summed E-state index contributed by atoms with van der Waals surface area (Å²) in [7, 11) is 1.41. The number of alkyl halides is 3. The van der Waals surface area contributed by atoms with Crippen LogP contribution in [0.25, 0.3) is 16.8 Å². The van der Waals surface area contributed by atoms with E-state index in [1.54, 1.807) is 43.5 Å². The van der Waals surface area contributed by atoms with E-state index >= 15 is 0 Å². The van der Waals surface area contributed by atoms with Crippen LogP contribution in [0.2, 0.25) is 0 Å². The fourth-order valence-corrected chi connectivity index (χ4v) is 3.45. The minimum Gasteiger partial charge on any atom is -0.484 e. The number of nitrogens with one attached hydrogen (secondary N) is 1. The van der Waals surface area contributed by atoms with Gasteiger partial charge < -0.3 is 20.5 Å². The Labute approximate surface area is 197 Å². The smallest absolute Gasteiger partial charge is 0.422 e. The van der Waals surface area contributed by atoms with Gasteiger partial charge in [-0.3, -0.25) is 4.79 Å². The summed E-state index contributed by atoms with van der Waals surface area (Å²) in [5.74, 6) is -0.140. The number of ether oxygens (including phenoxy) is 2. The van der Waals surface area contributed by atoms with Crippen molar-refractivity contribution >= 4 is 17.5 Å². The van der Waals surface area contributed by atoms with Crippen LogP contribution < -0.4 is 20.5 Å². The molecule has 1 aromatic carbocycles. The van der Waals surface area contributed by atoms with Crippen LogP contribution in [0.3, 0.4) is 0 Å². The van der Waals surface area contributed by atoms with Crippen molar-refractivity contribution in [2.24, 2.45) is 0 Å². The van der Waals surface area contributed by atoms with Crippen molar-refractivity contribution in [3.63, 3.8) is 0 Å². The Balaban J connectivity index is 1.55. The number of carbonyl (C=O) groups is 1. The summed E-state index contributed by atoms with van der Waals surface area (Å²) in [5.41, 5.74) is 9.01. The molecule has 0 spiro atoms. The Bertz CT molecular complexity index is 1390. The number of carbonyl (C=O) groups excluding carboxylic acids is 1. The number of pyridine rings is 2. The Morgan fingerprint density at radius 2 is 1.97 bits per heavy atom. The summed E-state index contributed by atoms with van der Waals surface area (Å²) in [6.45, 7) is 0.443. The van der Waals surface area contributed by atoms with Gasteiger partial charge in [0.2, 0.25) is 11.8 Å². The summed E-state index contributed by atoms with van der Waals surface area (Å²) in [4.78, 5) is 21.6. The second-order valence-corrected chi connectivity index (χ2v) is 7.60. The number of aryl methyl sites for hydroxylation is 1. The van der Waals surface area contributed by atoms with Crippen LogP contribution in [0, 0.1) is 6.92 Å². The van der Waals surface area contributed by atoms with E-state index in [4.69, 9.17) is 15.2 Å². The molecule has 0 saturated heterocycles. The number of nitrogens with zero attached hydrogens (tertiary/aromatic N) is 4. The third-order valence-electron chi connectivity index (χ3n) is 5.04. The number of anilines is 1. The largest absolute Gasteiger partial charge is 0.484 e. The van der Waals surface area contributed by atoms with Gasteiger partial charge in [-0.25, -0.2) is 9.50 Å². The van der Waals surface area contributed by atoms with E-state index in [1.165, 1.54) is 23.8 Å². The van der Waals surface area contributed by atoms with Crippen molar-refractivity contribution < 1.29 is 27.4 Å². The second-order valence-electron chi connectivity index (χ2n) is 7.60. The predicted molar refractivity (Wildman–Crippen MR) is 121 cm³/mol. The maximum Gasteiger partial charge on any atom is 0.422 e. The van der Waals surface area contributed by atoms with E-state index in [2.05, 4.69) is 20.4 Å². The van der Waals surface area contributed by atoms with Crippen LogP contribution in [0.5, 0.6) is 11.6 Å². The van der Waals surface area contributed by atoms with Gasteiger partial charge in [0, 0.05) is 24.0 Å². The highest BCUT2D eigenvalue weighted by Crippen LogP contribution is 2.29. The Hall–Kier alpha value is -4.35. The van der Waals surface area contributed by atoms with Gasteiger partial charge in [-0.05, 0) is 48.4 Å². The molecule has 0 saturated carbocycles. The molecule has 0 unspecified atom stereocenters. The SMILES string of the molecule is COc1nc(C)c(-c2ccn3nc(N)nc3c2)cc1C(=O)NCc1cccc(OCC(F)(F)F)c1.